The van der Waals surface area contributed by atoms with E-state index in [4.69, 9.17) is 0 Å². The highest BCUT2D eigenvalue weighted by Crippen LogP contribution is 2.27. The predicted molar refractivity (Wildman–Crippen MR) is 103 cm³/mol. The third-order valence-electron chi connectivity index (χ3n) is 5.08. The summed E-state index contributed by atoms with van der Waals surface area (Å²) in [5, 5.41) is 1.72. The second-order valence-electron chi connectivity index (χ2n) is 6.75. The number of halogens is 2. The Balaban J connectivity index is 1.71. The largest absolute Gasteiger partial charge is 0.350 e. The lowest BCUT2D eigenvalue weighted by Crippen LogP contribution is -2.30. The Kier molecular flexibility index (Phi) is 4.22. The van der Waals surface area contributed by atoms with Crippen LogP contribution in [0.4, 0.5) is 8.78 Å². The van der Waals surface area contributed by atoms with Crippen LogP contribution < -0.4 is 5.56 Å². The molecule has 1 amide bonds. The minimum atomic E-state index is -0.977. The number of nitrogens with one attached hydrogen (secondary N) is 2. The Labute approximate surface area is 158 Å². The summed E-state index contributed by atoms with van der Waals surface area (Å²) in [6.07, 6.45) is 1.61. The summed E-state index contributed by atoms with van der Waals surface area (Å²) in [7, 11) is 1.64. The molecule has 0 saturated carbocycles. The molecule has 0 aliphatic carbocycles. The molecule has 0 aliphatic rings. The number of carbonyl (C=O) groups excluding carboxylic acids is 1. The zero-order chi connectivity index (χ0) is 20.0. The summed E-state index contributed by atoms with van der Waals surface area (Å²) in [6.45, 7) is 1.85. The first-order valence-corrected chi connectivity index (χ1v) is 8.72. The average Bonchev–Trinajstić information content (AvgIpc) is 3.10. The summed E-state index contributed by atoms with van der Waals surface area (Å²) >= 11 is 0. The van der Waals surface area contributed by atoms with Crippen molar-refractivity contribution in [3.05, 3.63) is 81.9 Å². The summed E-state index contributed by atoms with van der Waals surface area (Å²) in [5.74, 6) is -2.28. The Morgan fingerprint density at radius 2 is 1.75 bits per heavy atom. The Morgan fingerprint density at radius 1 is 1.07 bits per heavy atom. The second kappa shape index (κ2) is 6.60. The molecular formula is C21H17F2N3O2. The minimum absolute atomic E-state index is 0.194. The quantitative estimate of drug-likeness (QED) is 0.560. The van der Waals surface area contributed by atoms with E-state index in [1.165, 1.54) is 11.0 Å². The number of pyridine rings is 1. The van der Waals surface area contributed by atoms with E-state index in [-0.39, 0.29) is 23.2 Å². The van der Waals surface area contributed by atoms with Crippen LogP contribution in [0.1, 0.15) is 29.0 Å². The summed E-state index contributed by atoms with van der Waals surface area (Å²) in [6, 6.07) is 10.4. The normalized spacial score (nSPS) is 12.4. The van der Waals surface area contributed by atoms with Crippen molar-refractivity contribution in [1.29, 1.82) is 0 Å². The molecule has 0 saturated heterocycles. The maximum Gasteiger partial charge on any atom is 0.270 e. The Bertz CT molecular complexity index is 1240. The van der Waals surface area contributed by atoms with Gasteiger partial charge in [-0.25, -0.2) is 8.78 Å². The van der Waals surface area contributed by atoms with Crippen molar-refractivity contribution < 1.29 is 13.6 Å². The number of rotatable bonds is 3. The van der Waals surface area contributed by atoms with Gasteiger partial charge in [0.05, 0.1) is 6.04 Å². The van der Waals surface area contributed by atoms with Crippen LogP contribution in [0.5, 0.6) is 0 Å². The molecule has 4 aromatic rings. The molecule has 0 unspecified atom stereocenters. The highest BCUT2D eigenvalue weighted by molar-refractivity contribution is 5.98. The van der Waals surface area contributed by atoms with Gasteiger partial charge in [-0.05, 0) is 36.1 Å². The summed E-state index contributed by atoms with van der Waals surface area (Å²) in [4.78, 5) is 32.0. The first kappa shape index (κ1) is 17.9. The minimum Gasteiger partial charge on any atom is -0.350 e. The van der Waals surface area contributed by atoms with Crippen molar-refractivity contribution in [2.75, 3.05) is 7.05 Å². The zero-order valence-electron chi connectivity index (χ0n) is 15.2. The molecule has 2 aromatic carbocycles. The monoisotopic (exact) mass is 381 g/mol. The van der Waals surface area contributed by atoms with Crippen LogP contribution in [0.2, 0.25) is 0 Å². The number of H-pyrrole nitrogens is 2. The van der Waals surface area contributed by atoms with Gasteiger partial charge in [-0.2, -0.15) is 0 Å². The molecule has 0 fully saturated rings. The van der Waals surface area contributed by atoms with Crippen LogP contribution in [0.25, 0.3) is 21.7 Å². The van der Waals surface area contributed by atoms with E-state index in [2.05, 4.69) is 9.97 Å². The van der Waals surface area contributed by atoms with Crippen LogP contribution in [0.15, 0.2) is 53.5 Å². The molecule has 2 heterocycles. The van der Waals surface area contributed by atoms with Crippen LogP contribution in [0.3, 0.4) is 0 Å². The first-order valence-electron chi connectivity index (χ1n) is 8.72. The van der Waals surface area contributed by atoms with Crippen molar-refractivity contribution in [1.82, 2.24) is 14.9 Å². The molecule has 7 heteroatoms. The SMILES string of the molecule is C[C@H](c1c[nH]c(=O)c2ccccc12)N(C)C(=O)c1cc2cc(F)c(F)cc2[nH]1. The van der Waals surface area contributed by atoms with Crippen LogP contribution in [-0.4, -0.2) is 27.8 Å². The molecule has 5 nitrogen and oxygen atoms in total. The number of benzene rings is 2. The Morgan fingerprint density at radius 3 is 2.50 bits per heavy atom. The molecule has 0 bridgehead atoms. The van der Waals surface area contributed by atoms with Crippen molar-refractivity contribution in [3.63, 3.8) is 0 Å². The second-order valence-corrected chi connectivity index (χ2v) is 6.75. The molecule has 4 rings (SSSR count). The molecule has 0 radical (unpaired) electrons. The smallest absolute Gasteiger partial charge is 0.270 e. The van der Waals surface area contributed by atoms with Crippen molar-refractivity contribution in [2.24, 2.45) is 0 Å². The third kappa shape index (κ3) is 2.85. The van der Waals surface area contributed by atoms with Gasteiger partial charge < -0.3 is 14.9 Å². The molecule has 2 aromatic heterocycles. The lowest BCUT2D eigenvalue weighted by Gasteiger charge is -2.25. The lowest BCUT2D eigenvalue weighted by atomic mass is 10.0. The van der Waals surface area contributed by atoms with Crippen molar-refractivity contribution in [3.8, 4) is 0 Å². The first-order chi connectivity index (χ1) is 13.4. The number of hydrogen-bond acceptors (Lipinski definition) is 2. The fourth-order valence-electron chi connectivity index (χ4n) is 3.39. The standard InChI is InChI=1S/C21H17F2N3O2/c1-11(15-10-24-20(27)14-6-4-3-5-13(14)15)26(2)21(28)19-8-12-7-16(22)17(23)9-18(12)25-19/h3-11,25H,1-2H3,(H,24,27)/t11-/m1/s1. The zero-order valence-corrected chi connectivity index (χ0v) is 15.2. The number of aromatic amines is 2. The lowest BCUT2D eigenvalue weighted by molar-refractivity contribution is 0.0738. The number of fused-ring (bicyclic) bond motifs is 2. The maximum absolute atomic E-state index is 13.4. The van der Waals surface area contributed by atoms with Crippen LogP contribution in [0, 0.1) is 11.6 Å². The van der Waals surface area contributed by atoms with Gasteiger partial charge in [0.2, 0.25) is 0 Å². The van der Waals surface area contributed by atoms with Gasteiger partial charge in [0.1, 0.15) is 5.69 Å². The Hall–Kier alpha value is -3.48. The molecule has 0 spiro atoms. The van der Waals surface area contributed by atoms with E-state index in [0.717, 1.165) is 23.1 Å². The number of aromatic nitrogens is 2. The number of amides is 1. The third-order valence-corrected chi connectivity index (χ3v) is 5.08. The number of nitrogens with zero attached hydrogens (tertiary/aromatic N) is 1. The molecular weight excluding hydrogens is 364 g/mol. The van der Waals surface area contributed by atoms with E-state index >= 15 is 0 Å². The fourth-order valence-corrected chi connectivity index (χ4v) is 3.39. The fraction of sp³-hybridized carbons (Fsp3) is 0.143. The van der Waals surface area contributed by atoms with Crippen molar-refractivity contribution in [2.45, 2.75) is 13.0 Å². The van der Waals surface area contributed by atoms with Crippen LogP contribution in [-0.2, 0) is 0 Å². The van der Waals surface area contributed by atoms with E-state index in [0.29, 0.717) is 16.3 Å². The maximum atomic E-state index is 13.4. The van der Waals surface area contributed by atoms with E-state index in [9.17, 15) is 18.4 Å². The topological polar surface area (TPSA) is 69.0 Å². The highest BCUT2D eigenvalue weighted by Gasteiger charge is 2.23. The number of hydrogen-bond donors (Lipinski definition) is 2. The van der Waals surface area contributed by atoms with E-state index in [1.54, 1.807) is 25.4 Å². The highest BCUT2D eigenvalue weighted by atomic mass is 19.2. The molecule has 2 N–H and O–H groups in total. The average molecular weight is 381 g/mol. The number of carbonyl (C=O) groups is 1. The van der Waals surface area contributed by atoms with Crippen LogP contribution >= 0.6 is 0 Å². The summed E-state index contributed by atoms with van der Waals surface area (Å²) in [5.41, 5.74) is 1.17. The van der Waals surface area contributed by atoms with E-state index < -0.39 is 11.6 Å². The van der Waals surface area contributed by atoms with Gasteiger partial charge in [-0.3, -0.25) is 9.59 Å². The molecule has 28 heavy (non-hydrogen) atoms. The van der Waals surface area contributed by atoms with Gasteiger partial charge >= 0.3 is 0 Å². The molecule has 142 valence electrons. The van der Waals surface area contributed by atoms with E-state index in [1.807, 2.05) is 19.1 Å². The summed E-state index contributed by atoms with van der Waals surface area (Å²) < 4.78 is 26.9. The van der Waals surface area contributed by atoms with Gasteiger partial charge in [-0.1, -0.05) is 18.2 Å². The molecule has 1 atom stereocenters. The predicted octanol–water partition coefficient (Wildman–Crippen LogP) is 4.12. The van der Waals surface area contributed by atoms with Gasteiger partial charge in [-0.15, -0.1) is 0 Å². The van der Waals surface area contributed by atoms with Crippen molar-refractivity contribution >= 4 is 27.6 Å². The molecule has 0 aliphatic heterocycles. The van der Waals surface area contributed by atoms with Gasteiger partial charge in [0.25, 0.3) is 11.5 Å². The van der Waals surface area contributed by atoms with Gasteiger partial charge in [0.15, 0.2) is 11.6 Å². The van der Waals surface area contributed by atoms with Gasteiger partial charge in [0, 0.05) is 35.6 Å².